The Kier molecular flexibility index (Phi) is 6.22. The molecule has 3 heteroatoms. The Bertz CT molecular complexity index is 409. The first-order chi connectivity index (χ1) is 10.2. The molecule has 2 atom stereocenters. The molecule has 21 heavy (non-hydrogen) atoms. The normalized spacial score (nSPS) is 23.5. The zero-order valence-electron chi connectivity index (χ0n) is 13.5. The summed E-state index contributed by atoms with van der Waals surface area (Å²) in [7, 11) is 0. The molecule has 118 valence electrons. The Morgan fingerprint density at radius 3 is 2.67 bits per heavy atom. The summed E-state index contributed by atoms with van der Waals surface area (Å²) in [5.74, 6) is 0. The molecule has 0 saturated carbocycles. The third kappa shape index (κ3) is 4.06. The summed E-state index contributed by atoms with van der Waals surface area (Å²) < 4.78 is 0. The Morgan fingerprint density at radius 2 is 2.00 bits per heavy atom. The van der Waals surface area contributed by atoms with Gasteiger partial charge < -0.3 is 10.4 Å². The van der Waals surface area contributed by atoms with Gasteiger partial charge in [-0.05, 0) is 38.4 Å². The molecule has 1 aromatic rings. The van der Waals surface area contributed by atoms with Gasteiger partial charge >= 0.3 is 0 Å². The predicted molar refractivity (Wildman–Crippen MR) is 88.4 cm³/mol. The van der Waals surface area contributed by atoms with E-state index in [1.54, 1.807) is 0 Å². The second-order valence-corrected chi connectivity index (χ2v) is 6.31. The minimum absolute atomic E-state index is 0.133. The molecule has 0 amide bonds. The van der Waals surface area contributed by atoms with Crippen LogP contribution >= 0.6 is 0 Å². The van der Waals surface area contributed by atoms with Crippen LogP contribution in [0.2, 0.25) is 0 Å². The number of hydrogen-bond donors (Lipinski definition) is 2. The van der Waals surface area contributed by atoms with Crippen molar-refractivity contribution in [1.82, 2.24) is 10.2 Å². The van der Waals surface area contributed by atoms with Crippen molar-refractivity contribution < 1.29 is 5.11 Å². The van der Waals surface area contributed by atoms with Crippen LogP contribution in [-0.4, -0.2) is 42.3 Å². The van der Waals surface area contributed by atoms with Crippen LogP contribution in [0.1, 0.15) is 45.1 Å². The summed E-state index contributed by atoms with van der Waals surface area (Å²) in [4.78, 5) is 2.55. The Hall–Kier alpha value is -0.900. The molecule has 0 aliphatic carbocycles. The lowest BCUT2D eigenvalue weighted by Crippen LogP contribution is -2.55. The van der Waals surface area contributed by atoms with Crippen molar-refractivity contribution in [2.45, 2.75) is 51.1 Å². The van der Waals surface area contributed by atoms with Crippen LogP contribution in [0, 0.1) is 0 Å². The predicted octanol–water partition coefficient (Wildman–Crippen LogP) is 2.75. The van der Waals surface area contributed by atoms with Crippen molar-refractivity contribution in [1.29, 1.82) is 0 Å². The van der Waals surface area contributed by atoms with E-state index >= 15 is 0 Å². The fourth-order valence-corrected chi connectivity index (χ4v) is 3.46. The number of aliphatic hydroxyl groups excluding tert-OH is 1. The van der Waals surface area contributed by atoms with Crippen molar-refractivity contribution >= 4 is 0 Å². The molecule has 0 bridgehead atoms. The minimum Gasteiger partial charge on any atom is -0.394 e. The fourth-order valence-electron chi connectivity index (χ4n) is 3.46. The van der Waals surface area contributed by atoms with E-state index < -0.39 is 0 Å². The van der Waals surface area contributed by atoms with Crippen LogP contribution in [0.5, 0.6) is 0 Å². The highest BCUT2D eigenvalue weighted by molar-refractivity contribution is 5.25. The van der Waals surface area contributed by atoms with E-state index in [-0.39, 0.29) is 12.1 Å². The number of hydrogen-bond acceptors (Lipinski definition) is 3. The Balaban J connectivity index is 2.23. The summed E-state index contributed by atoms with van der Waals surface area (Å²) in [6, 6.07) is 11.0. The molecule has 1 aliphatic heterocycles. The van der Waals surface area contributed by atoms with Gasteiger partial charge in [0.25, 0.3) is 0 Å². The van der Waals surface area contributed by atoms with E-state index in [1.165, 1.54) is 31.2 Å². The van der Waals surface area contributed by atoms with Gasteiger partial charge in [-0.1, -0.05) is 50.1 Å². The molecular weight excluding hydrogens is 260 g/mol. The highest BCUT2D eigenvalue weighted by atomic mass is 16.3. The molecule has 0 radical (unpaired) electrons. The largest absolute Gasteiger partial charge is 0.394 e. The van der Waals surface area contributed by atoms with Crippen LogP contribution in [0.3, 0.4) is 0 Å². The van der Waals surface area contributed by atoms with E-state index in [2.05, 4.69) is 48.3 Å². The van der Waals surface area contributed by atoms with Crippen molar-refractivity contribution in [3.63, 3.8) is 0 Å². The van der Waals surface area contributed by atoms with Gasteiger partial charge in [0.2, 0.25) is 0 Å². The second-order valence-electron chi connectivity index (χ2n) is 6.31. The van der Waals surface area contributed by atoms with Gasteiger partial charge in [0.05, 0.1) is 12.1 Å². The monoisotopic (exact) mass is 290 g/mol. The molecule has 0 spiro atoms. The number of likely N-dealkylation sites (N-methyl/N-ethyl adjacent to an activating group) is 1. The standard InChI is InChI=1S/C18H30N2O/c1-3-19-18(15-21,17-11-7-4-8-12-17)14-20-13-9-5-6-10-16(20)2/h4,7-8,11-12,16,19,21H,3,5-6,9-10,13-15H2,1-2H3. The summed E-state index contributed by atoms with van der Waals surface area (Å²) in [6.45, 7) is 7.44. The van der Waals surface area contributed by atoms with E-state index in [1.807, 2.05) is 6.07 Å². The number of nitrogens with zero attached hydrogens (tertiary/aromatic N) is 1. The lowest BCUT2D eigenvalue weighted by Gasteiger charge is -2.40. The fraction of sp³-hybridized carbons (Fsp3) is 0.667. The molecule has 0 aromatic heterocycles. The lowest BCUT2D eigenvalue weighted by atomic mass is 9.89. The SMILES string of the molecule is CCNC(CO)(CN1CCCCCC1C)c1ccccc1. The molecule has 1 aliphatic rings. The number of nitrogens with one attached hydrogen (secondary N) is 1. The molecule has 1 fully saturated rings. The van der Waals surface area contributed by atoms with Crippen molar-refractivity contribution in [3.05, 3.63) is 35.9 Å². The average Bonchev–Trinajstić information content (AvgIpc) is 2.72. The summed E-state index contributed by atoms with van der Waals surface area (Å²) in [5, 5.41) is 13.7. The molecule has 1 saturated heterocycles. The third-order valence-electron chi connectivity index (χ3n) is 4.78. The van der Waals surface area contributed by atoms with Gasteiger partial charge in [-0.2, -0.15) is 0 Å². The van der Waals surface area contributed by atoms with Gasteiger partial charge in [0.1, 0.15) is 0 Å². The zero-order valence-corrected chi connectivity index (χ0v) is 13.5. The van der Waals surface area contributed by atoms with E-state index in [0.29, 0.717) is 6.04 Å². The minimum atomic E-state index is -0.353. The summed E-state index contributed by atoms with van der Waals surface area (Å²) >= 11 is 0. The molecule has 1 heterocycles. The van der Waals surface area contributed by atoms with E-state index in [0.717, 1.165) is 19.6 Å². The first kappa shape index (κ1) is 16.5. The van der Waals surface area contributed by atoms with Crippen LogP contribution in [0.25, 0.3) is 0 Å². The molecule has 2 unspecified atom stereocenters. The number of benzene rings is 1. The van der Waals surface area contributed by atoms with Crippen LogP contribution < -0.4 is 5.32 Å². The first-order valence-electron chi connectivity index (χ1n) is 8.37. The molecule has 2 N–H and O–H groups in total. The Labute approximate surface area is 129 Å². The maximum absolute atomic E-state index is 10.2. The zero-order chi connectivity index (χ0) is 15.1. The number of likely N-dealkylation sites (tertiary alicyclic amines) is 1. The van der Waals surface area contributed by atoms with E-state index in [9.17, 15) is 5.11 Å². The highest BCUT2D eigenvalue weighted by Gasteiger charge is 2.34. The smallest absolute Gasteiger partial charge is 0.0797 e. The quantitative estimate of drug-likeness (QED) is 0.845. The van der Waals surface area contributed by atoms with Crippen molar-refractivity contribution in [3.8, 4) is 0 Å². The van der Waals surface area contributed by atoms with Gasteiger partial charge in [0.15, 0.2) is 0 Å². The number of rotatable bonds is 6. The first-order valence-corrected chi connectivity index (χ1v) is 8.37. The molecule has 2 rings (SSSR count). The van der Waals surface area contributed by atoms with Gasteiger partial charge in [-0.25, -0.2) is 0 Å². The van der Waals surface area contributed by atoms with Gasteiger partial charge in [-0.3, -0.25) is 4.90 Å². The van der Waals surface area contributed by atoms with Gasteiger partial charge in [-0.15, -0.1) is 0 Å². The van der Waals surface area contributed by atoms with Crippen molar-refractivity contribution in [2.24, 2.45) is 0 Å². The van der Waals surface area contributed by atoms with Crippen LogP contribution in [0.4, 0.5) is 0 Å². The maximum atomic E-state index is 10.2. The lowest BCUT2D eigenvalue weighted by molar-refractivity contribution is 0.0891. The Morgan fingerprint density at radius 1 is 1.24 bits per heavy atom. The molecule has 1 aromatic carbocycles. The number of aliphatic hydroxyl groups is 1. The third-order valence-corrected chi connectivity index (χ3v) is 4.78. The molecular formula is C18H30N2O. The average molecular weight is 290 g/mol. The van der Waals surface area contributed by atoms with Crippen LogP contribution in [-0.2, 0) is 5.54 Å². The maximum Gasteiger partial charge on any atom is 0.0797 e. The summed E-state index contributed by atoms with van der Waals surface area (Å²) in [6.07, 6.45) is 5.20. The highest BCUT2D eigenvalue weighted by Crippen LogP contribution is 2.26. The second kappa shape index (κ2) is 7.92. The molecule has 3 nitrogen and oxygen atoms in total. The van der Waals surface area contributed by atoms with Gasteiger partial charge in [0, 0.05) is 12.6 Å². The topological polar surface area (TPSA) is 35.5 Å². The van der Waals surface area contributed by atoms with E-state index in [4.69, 9.17) is 0 Å². The summed E-state index contributed by atoms with van der Waals surface area (Å²) in [5.41, 5.74) is 0.833. The van der Waals surface area contributed by atoms with Crippen LogP contribution in [0.15, 0.2) is 30.3 Å². The van der Waals surface area contributed by atoms with Crippen molar-refractivity contribution in [2.75, 3.05) is 26.2 Å².